The summed E-state index contributed by atoms with van der Waals surface area (Å²) in [5.41, 5.74) is 14.5. The second-order valence-electron chi connectivity index (χ2n) is 16.6. The van der Waals surface area contributed by atoms with Gasteiger partial charge in [-0.15, -0.1) is 0 Å². The molecule has 62 heavy (non-hydrogen) atoms. The Morgan fingerprint density at radius 1 is 0.452 bits per heavy atom. The van der Waals surface area contributed by atoms with Crippen molar-refractivity contribution in [1.29, 1.82) is 0 Å². The molecule has 8 aromatic carbocycles. The maximum absolute atomic E-state index is 6.29. The van der Waals surface area contributed by atoms with Crippen LogP contribution >= 0.6 is 0 Å². The zero-order chi connectivity index (χ0) is 40.5. The predicted molar refractivity (Wildman–Crippen MR) is 255 cm³/mol. The predicted octanol–water partition coefficient (Wildman–Crippen LogP) is 15.2. The number of allylic oxidation sites excluding steroid dienone is 2. The summed E-state index contributed by atoms with van der Waals surface area (Å²) in [5, 5.41) is 9.24. The van der Waals surface area contributed by atoms with Gasteiger partial charge < -0.3 is 18.3 Å². The minimum atomic E-state index is 0.0447. The molecule has 290 valence electrons. The summed E-state index contributed by atoms with van der Waals surface area (Å²) < 4.78 is 15.1. The topological polar surface area (TPSA) is 47.3 Å². The lowest BCUT2D eigenvalue weighted by Gasteiger charge is -2.30. The molecule has 4 aromatic heterocycles. The summed E-state index contributed by atoms with van der Waals surface area (Å²) in [5.74, 6) is 0.153. The summed E-state index contributed by atoms with van der Waals surface area (Å²) in [6.45, 7) is 0. The highest BCUT2D eigenvalue weighted by Gasteiger charge is 2.40. The van der Waals surface area contributed by atoms with Gasteiger partial charge >= 0.3 is 0 Å². The van der Waals surface area contributed by atoms with E-state index in [9.17, 15) is 0 Å². The Morgan fingerprint density at radius 3 is 1.77 bits per heavy atom. The van der Waals surface area contributed by atoms with Crippen LogP contribution in [0, 0.1) is 0 Å². The van der Waals surface area contributed by atoms with E-state index in [-0.39, 0.29) is 12.0 Å². The lowest BCUT2D eigenvalue weighted by Crippen LogP contribution is -2.29. The van der Waals surface area contributed by atoms with Crippen LogP contribution < -0.4 is 4.90 Å². The Labute approximate surface area is 355 Å². The zero-order valence-electron chi connectivity index (χ0n) is 33.4. The maximum atomic E-state index is 6.29. The van der Waals surface area contributed by atoms with Crippen molar-refractivity contribution >= 4 is 87.8 Å². The third-order valence-electron chi connectivity index (χ3n) is 13.3. The number of rotatable bonds is 4. The van der Waals surface area contributed by atoms with E-state index in [1.54, 1.807) is 0 Å². The third kappa shape index (κ3) is 4.76. The van der Waals surface area contributed by atoms with E-state index >= 15 is 0 Å². The van der Waals surface area contributed by atoms with E-state index in [2.05, 4.69) is 185 Å². The van der Waals surface area contributed by atoms with Gasteiger partial charge in [0.2, 0.25) is 0 Å². The fourth-order valence-electron chi connectivity index (χ4n) is 10.5. The first-order valence-corrected chi connectivity index (χ1v) is 21.3. The first kappa shape index (κ1) is 33.7. The molecule has 0 N–H and O–H groups in total. The molecule has 0 saturated carbocycles. The highest BCUT2D eigenvalue weighted by atomic mass is 16.3. The highest BCUT2D eigenvalue weighted by molar-refractivity contribution is 6.16. The van der Waals surface area contributed by atoms with Crippen molar-refractivity contribution in [3.8, 4) is 28.2 Å². The molecule has 12 aromatic rings. The molecular weight excluding hydrogens is 759 g/mol. The molecular formula is C57H35N3O2. The van der Waals surface area contributed by atoms with Gasteiger partial charge in [0, 0.05) is 60.4 Å². The lowest BCUT2D eigenvalue weighted by molar-refractivity contribution is 0.668. The molecule has 2 atom stereocenters. The summed E-state index contributed by atoms with van der Waals surface area (Å²) in [7, 11) is 0. The van der Waals surface area contributed by atoms with Gasteiger partial charge in [0.1, 0.15) is 22.3 Å². The number of pyridine rings is 1. The van der Waals surface area contributed by atoms with Gasteiger partial charge in [0.25, 0.3) is 0 Å². The SMILES string of the molecule is C1=CC2c3ccc4c5ccccc5n(-c5cccc6ccccc56)c4c3N(c3cc(-c4ccc5oc6ccccc6c5c4)nc(-c4ccc5oc6ccccc6c5c4)c3)C2C=C1. The van der Waals surface area contributed by atoms with Crippen molar-refractivity contribution < 1.29 is 8.83 Å². The van der Waals surface area contributed by atoms with E-state index in [0.29, 0.717) is 0 Å². The van der Waals surface area contributed by atoms with Crippen LogP contribution in [0.2, 0.25) is 0 Å². The summed E-state index contributed by atoms with van der Waals surface area (Å²) in [6.07, 6.45) is 9.15. The molecule has 0 amide bonds. The molecule has 0 radical (unpaired) electrons. The molecule has 0 bridgehead atoms. The van der Waals surface area contributed by atoms with Crippen LogP contribution in [0.1, 0.15) is 11.5 Å². The molecule has 2 aliphatic rings. The quantitative estimate of drug-likeness (QED) is 0.178. The van der Waals surface area contributed by atoms with Gasteiger partial charge in [0.05, 0.1) is 39.8 Å². The van der Waals surface area contributed by atoms with Crippen molar-refractivity contribution in [3.63, 3.8) is 0 Å². The number of hydrogen-bond donors (Lipinski definition) is 0. The van der Waals surface area contributed by atoms with E-state index < -0.39 is 0 Å². The third-order valence-corrected chi connectivity index (χ3v) is 13.3. The van der Waals surface area contributed by atoms with Gasteiger partial charge in [-0.2, -0.15) is 0 Å². The molecule has 14 rings (SSSR count). The van der Waals surface area contributed by atoms with E-state index in [4.69, 9.17) is 13.8 Å². The highest BCUT2D eigenvalue weighted by Crippen LogP contribution is 2.54. The van der Waals surface area contributed by atoms with E-state index in [1.165, 1.54) is 49.5 Å². The van der Waals surface area contributed by atoms with E-state index in [1.807, 2.05) is 24.3 Å². The van der Waals surface area contributed by atoms with Gasteiger partial charge in [-0.25, -0.2) is 4.98 Å². The number of anilines is 2. The molecule has 0 fully saturated rings. The summed E-state index contributed by atoms with van der Waals surface area (Å²) in [6, 6.07) is 63.1. The molecule has 1 aliphatic carbocycles. The average molecular weight is 794 g/mol. The largest absolute Gasteiger partial charge is 0.456 e. The average Bonchev–Trinajstić information content (AvgIpc) is 4.08. The van der Waals surface area contributed by atoms with Crippen LogP contribution in [0.15, 0.2) is 209 Å². The number of furan rings is 2. The number of fused-ring (bicyclic) bond motifs is 14. The number of hydrogen-bond acceptors (Lipinski definition) is 4. The molecule has 0 spiro atoms. The van der Waals surface area contributed by atoms with Crippen LogP contribution in [-0.2, 0) is 0 Å². The van der Waals surface area contributed by atoms with Crippen molar-refractivity contribution in [3.05, 3.63) is 206 Å². The van der Waals surface area contributed by atoms with Gasteiger partial charge in [-0.3, -0.25) is 0 Å². The monoisotopic (exact) mass is 793 g/mol. The number of para-hydroxylation sites is 3. The number of nitrogens with zero attached hydrogens (tertiary/aromatic N) is 3. The van der Waals surface area contributed by atoms with Gasteiger partial charge in [0.15, 0.2) is 0 Å². The maximum Gasteiger partial charge on any atom is 0.135 e. The summed E-state index contributed by atoms with van der Waals surface area (Å²) in [4.78, 5) is 8.11. The van der Waals surface area contributed by atoms with Crippen molar-refractivity contribution in [1.82, 2.24) is 9.55 Å². The molecule has 5 nitrogen and oxygen atoms in total. The van der Waals surface area contributed by atoms with Gasteiger partial charge in [-0.1, -0.05) is 127 Å². The van der Waals surface area contributed by atoms with Gasteiger partial charge in [-0.05, 0) is 83.7 Å². The van der Waals surface area contributed by atoms with Crippen LogP contribution in [0.3, 0.4) is 0 Å². The molecule has 0 saturated heterocycles. The Balaban J connectivity index is 1.07. The molecule has 5 heterocycles. The molecule has 5 heteroatoms. The normalized spacial score (nSPS) is 15.9. The zero-order valence-corrected chi connectivity index (χ0v) is 33.4. The van der Waals surface area contributed by atoms with Crippen LogP contribution in [0.25, 0.3) is 105 Å². The Bertz CT molecular complexity index is 3780. The fraction of sp³-hybridized carbons (Fsp3) is 0.0351. The Morgan fingerprint density at radius 2 is 1.05 bits per heavy atom. The first-order valence-electron chi connectivity index (χ1n) is 21.3. The van der Waals surface area contributed by atoms with Crippen molar-refractivity contribution in [2.45, 2.75) is 12.0 Å². The minimum absolute atomic E-state index is 0.0447. The standard InChI is InChI=1S/C57H35N3O2/c1-2-14-38-34(12-1)13-11-21-49(38)60-51-20-8-4-16-40(51)44-27-26-43-39-15-3-7-19-50(39)59(56(43)57(44)60)37-32-47(35-24-28-54-45(30-35)41-17-5-9-22-52(41)61-54)58-48(33-37)36-25-29-55-46(31-36)42-18-6-10-23-53(42)62-55/h1-33,39,50H. The number of aromatic nitrogens is 2. The number of benzene rings is 8. The van der Waals surface area contributed by atoms with Crippen molar-refractivity contribution in [2.24, 2.45) is 0 Å². The molecule has 2 unspecified atom stereocenters. The fourth-order valence-corrected chi connectivity index (χ4v) is 10.5. The van der Waals surface area contributed by atoms with Crippen molar-refractivity contribution in [2.75, 3.05) is 4.90 Å². The van der Waals surface area contributed by atoms with E-state index in [0.717, 1.165) is 72.1 Å². The second-order valence-corrected chi connectivity index (χ2v) is 16.6. The second kappa shape index (κ2) is 12.7. The Kier molecular flexibility index (Phi) is 6.88. The smallest absolute Gasteiger partial charge is 0.135 e. The van der Waals surface area contributed by atoms with Crippen LogP contribution in [0.4, 0.5) is 11.4 Å². The lowest BCUT2D eigenvalue weighted by atomic mass is 9.91. The Hall–Kier alpha value is -8.15. The first-order chi connectivity index (χ1) is 30.7. The molecule has 1 aliphatic heterocycles. The van der Waals surface area contributed by atoms with Crippen LogP contribution in [-0.4, -0.2) is 15.6 Å². The van der Waals surface area contributed by atoms with Crippen LogP contribution in [0.5, 0.6) is 0 Å². The summed E-state index contributed by atoms with van der Waals surface area (Å²) >= 11 is 0. The minimum Gasteiger partial charge on any atom is -0.456 e.